The number of imidazole rings is 1. The standard InChI is InChI=1S/C20H20ClN5O2/c21-14-4-2-13(3-5-14)18-17(25-9-1-8-22-19(25)23-18)12-24-10-16-7-6-15(24)11-26(16)20(27)28/h1-5,8-9,15-16H,6-7,10-12H2,(H,27,28). The minimum Gasteiger partial charge on any atom is -0.465 e. The Balaban J connectivity index is 1.51. The third-order valence-corrected chi connectivity index (χ3v) is 6.11. The van der Waals surface area contributed by atoms with Crippen molar-refractivity contribution in [2.24, 2.45) is 0 Å². The molecule has 1 amide bonds. The third-order valence-electron chi connectivity index (χ3n) is 5.86. The lowest BCUT2D eigenvalue weighted by Crippen LogP contribution is -2.63. The lowest BCUT2D eigenvalue weighted by molar-refractivity contribution is -0.0158. The Morgan fingerprint density at radius 1 is 1.18 bits per heavy atom. The van der Waals surface area contributed by atoms with Crippen LogP contribution in [0.5, 0.6) is 0 Å². The maximum absolute atomic E-state index is 11.5. The number of halogens is 1. The lowest BCUT2D eigenvalue weighted by Gasteiger charge is -2.50. The van der Waals surface area contributed by atoms with Crippen molar-refractivity contribution in [1.82, 2.24) is 24.2 Å². The molecule has 2 unspecified atom stereocenters. The second-order valence-electron chi connectivity index (χ2n) is 7.45. The maximum atomic E-state index is 11.5. The monoisotopic (exact) mass is 397 g/mol. The number of hydrogen-bond donors (Lipinski definition) is 1. The van der Waals surface area contributed by atoms with Crippen LogP contribution in [0.25, 0.3) is 17.0 Å². The summed E-state index contributed by atoms with van der Waals surface area (Å²) in [6, 6.07) is 9.89. The highest BCUT2D eigenvalue weighted by molar-refractivity contribution is 6.30. The van der Waals surface area contributed by atoms with Gasteiger partial charge in [-0.3, -0.25) is 9.30 Å². The summed E-state index contributed by atoms with van der Waals surface area (Å²) < 4.78 is 2.03. The average molecular weight is 398 g/mol. The summed E-state index contributed by atoms with van der Waals surface area (Å²) in [5.41, 5.74) is 2.96. The zero-order valence-electron chi connectivity index (χ0n) is 15.2. The van der Waals surface area contributed by atoms with Gasteiger partial charge in [0.1, 0.15) is 0 Å². The fourth-order valence-corrected chi connectivity index (χ4v) is 4.59. The summed E-state index contributed by atoms with van der Waals surface area (Å²) in [7, 11) is 0. The predicted molar refractivity (Wildman–Crippen MR) is 105 cm³/mol. The maximum Gasteiger partial charge on any atom is 0.407 e. The number of fused-ring (bicyclic) bond motifs is 4. The first kappa shape index (κ1) is 17.5. The van der Waals surface area contributed by atoms with Crippen LogP contribution in [0.1, 0.15) is 18.5 Å². The summed E-state index contributed by atoms with van der Waals surface area (Å²) in [6.07, 6.45) is 4.88. The van der Waals surface area contributed by atoms with Crippen LogP contribution < -0.4 is 0 Å². The molecule has 0 aliphatic carbocycles. The number of carbonyl (C=O) groups is 1. The van der Waals surface area contributed by atoms with E-state index in [-0.39, 0.29) is 12.1 Å². The Morgan fingerprint density at radius 3 is 2.68 bits per heavy atom. The summed E-state index contributed by atoms with van der Waals surface area (Å²) in [5, 5.41) is 10.1. The molecule has 0 spiro atoms. The van der Waals surface area contributed by atoms with E-state index in [1.807, 2.05) is 40.9 Å². The van der Waals surface area contributed by atoms with Crippen LogP contribution in [-0.4, -0.2) is 60.5 Å². The van der Waals surface area contributed by atoms with E-state index in [0.717, 1.165) is 36.3 Å². The molecule has 7 nitrogen and oxygen atoms in total. The van der Waals surface area contributed by atoms with Crippen molar-refractivity contribution >= 4 is 23.5 Å². The van der Waals surface area contributed by atoms with Gasteiger partial charge in [0.05, 0.1) is 11.4 Å². The fraction of sp³-hybridized carbons (Fsp3) is 0.350. The molecule has 0 radical (unpaired) electrons. The van der Waals surface area contributed by atoms with Crippen LogP contribution in [0.2, 0.25) is 5.02 Å². The average Bonchev–Trinajstić information content (AvgIpc) is 3.07. The van der Waals surface area contributed by atoms with E-state index in [1.54, 1.807) is 11.1 Å². The summed E-state index contributed by atoms with van der Waals surface area (Å²) in [4.78, 5) is 24.6. The van der Waals surface area contributed by atoms with Gasteiger partial charge in [0.2, 0.25) is 5.78 Å². The number of nitrogens with zero attached hydrogens (tertiary/aromatic N) is 5. The highest BCUT2D eigenvalue weighted by Gasteiger charge is 2.41. The van der Waals surface area contributed by atoms with Gasteiger partial charge in [-0.15, -0.1) is 0 Å². The molecule has 6 rings (SSSR count). The molecule has 8 heteroatoms. The lowest BCUT2D eigenvalue weighted by atomic mass is 9.91. The number of piperidine rings is 2. The van der Waals surface area contributed by atoms with Crippen molar-refractivity contribution in [1.29, 1.82) is 0 Å². The van der Waals surface area contributed by atoms with Crippen molar-refractivity contribution in [2.75, 3.05) is 13.1 Å². The quantitative estimate of drug-likeness (QED) is 0.733. The Morgan fingerprint density at radius 2 is 1.96 bits per heavy atom. The first-order chi connectivity index (χ1) is 13.6. The molecule has 1 aromatic carbocycles. The smallest absolute Gasteiger partial charge is 0.407 e. The highest BCUT2D eigenvalue weighted by atomic mass is 35.5. The van der Waals surface area contributed by atoms with Gasteiger partial charge in [0.15, 0.2) is 0 Å². The van der Waals surface area contributed by atoms with Crippen molar-refractivity contribution in [3.8, 4) is 11.3 Å². The van der Waals surface area contributed by atoms with Crippen molar-refractivity contribution < 1.29 is 9.90 Å². The van der Waals surface area contributed by atoms with E-state index >= 15 is 0 Å². The van der Waals surface area contributed by atoms with Gasteiger partial charge in [-0.1, -0.05) is 23.7 Å². The Hall–Kier alpha value is -2.64. The summed E-state index contributed by atoms with van der Waals surface area (Å²) in [6.45, 7) is 2.04. The summed E-state index contributed by atoms with van der Waals surface area (Å²) >= 11 is 6.06. The van der Waals surface area contributed by atoms with Gasteiger partial charge in [0, 0.05) is 54.7 Å². The van der Waals surface area contributed by atoms with Gasteiger partial charge in [-0.05, 0) is 31.0 Å². The van der Waals surface area contributed by atoms with Crippen LogP contribution >= 0.6 is 11.6 Å². The molecule has 144 valence electrons. The van der Waals surface area contributed by atoms with Crippen molar-refractivity contribution in [3.63, 3.8) is 0 Å². The number of carboxylic acid groups (broad SMARTS) is 1. The number of hydrogen-bond acceptors (Lipinski definition) is 4. The van der Waals surface area contributed by atoms with Crippen LogP contribution in [0.15, 0.2) is 42.7 Å². The van der Waals surface area contributed by atoms with Gasteiger partial charge < -0.3 is 10.0 Å². The normalized spacial score (nSPS) is 22.1. The molecule has 2 atom stereocenters. The van der Waals surface area contributed by atoms with Crippen LogP contribution in [0, 0.1) is 0 Å². The molecule has 3 fully saturated rings. The van der Waals surface area contributed by atoms with E-state index in [1.165, 1.54) is 0 Å². The Bertz CT molecular complexity index is 1030. The first-order valence-electron chi connectivity index (χ1n) is 9.41. The summed E-state index contributed by atoms with van der Waals surface area (Å²) in [5.74, 6) is 0.664. The van der Waals surface area contributed by atoms with Gasteiger partial charge in [-0.25, -0.2) is 14.8 Å². The molecule has 3 saturated heterocycles. The van der Waals surface area contributed by atoms with Gasteiger partial charge >= 0.3 is 6.09 Å². The van der Waals surface area contributed by atoms with Crippen LogP contribution in [0.4, 0.5) is 4.79 Å². The molecule has 0 saturated carbocycles. The minimum absolute atomic E-state index is 0.0683. The van der Waals surface area contributed by atoms with Crippen molar-refractivity contribution in [2.45, 2.75) is 31.5 Å². The number of aromatic nitrogens is 3. The highest BCUT2D eigenvalue weighted by Crippen LogP contribution is 2.32. The van der Waals surface area contributed by atoms with Crippen LogP contribution in [-0.2, 0) is 6.54 Å². The predicted octanol–water partition coefficient (Wildman–Crippen LogP) is 3.38. The molecule has 2 aromatic heterocycles. The van der Waals surface area contributed by atoms with Gasteiger partial charge in [-0.2, -0.15) is 0 Å². The molecule has 28 heavy (non-hydrogen) atoms. The number of benzene rings is 1. The van der Waals surface area contributed by atoms with Crippen molar-refractivity contribution in [3.05, 3.63) is 53.4 Å². The molecule has 1 N–H and O–H groups in total. The van der Waals surface area contributed by atoms with E-state index in [2.05, 4.69) is 9.88 Å². The number of amides is 1. The number of rotatable bonds is 3. The largest absolute Gasteiger partial charge is 0.465 e. The first-order valence-corrected chi connectivity index (χ1v) is 9.79. The van der Waals surface area contributed by atoms with E-state index in [0.29, 0.717) is 23.9 Å². The Labute approximate surface area is 167 Å². The van der Waals surface area contributed by atoms with E-state index in [9.17, 15) is 9.90 Å². The molecule has 3 aliphatic heterocycles. The zero-order valence-corrected chi connectivity index (χ0v) is 16.0. The van der Waals surface area contributed by atoms with Gasteiger partial charge in [0.25, 0.3) is 0 Å². The third kappa shape index (κ3) is 2.91. The molecule has 3 aromatic rings. The topological polar surface area (TPSA) is 74.0 Å². The molecule has 2 bridgehead atoms. The molecular formula is C20H20ClN5O2. The second kappa shape index (κ2) is 6.76. The van der Waals surface area contributed by atoms with E-state index in [4.69, 9.17) is 16.6 Å². The Kier molecular flexibility index (Phi) is 4.21. The van der Waals surface area contributed by atoms with E-state index < -0.39 is 6.09 Å². The van der Waals surface area contributed by atoms with Crippen LogP contribution in [0.3, 0.4) is 0 Å². The molecule has 3 aliphatic rings. The molecule has 5 heterocycles. The molecular weight excluding hydrogens is 378 g/mol. The SMILES string of the molecule is O=C(O)N1CC2CCC1CN2Cc1c(-c2ccc(Cl)cc2)nc2ncccn12. The zero-order chi connectivity index (χ0) is 19.3. The minimum atomic E-state index is -0.810. The fourth-order valence-electron chi connectivity index (χ4n) is 4.46. The number of piperazine rings is 1. The second-order valence-corrected chi connectivity index (χ2v) is 7.89.